The summed E-state index contributed by atoms with van der Waals surface area (Å²) >= 11 is 2.49. The highest BCUT2D eigenvalue weighted by Gasteiger charge is 2.19. The zero-order valence-corrected chi connectivity index (χ0v) is 25.5. The minimum atomic E-state index is -0.589. The van der Waals surface area contributed by atoms with Gasteiger partial charge in [-0.05, 0) is 68.0 Å². The van der Waals surface area contributed by atoms with Gasteiger partial charge in [0.2, 0.25) is 5.91 Å². The highest BCUT2D eigenvalue weighted by Crippen LogP contribution is 2.27. The fourth-order valence-corrected chi connectivity index (χ4v) is 5.42. The van der Waals surface area contributed by atoms with Crippen molar-refractivity contribution in [3.05, 3.63) is 113 Å². The van der Waals surface area contributed by atoms with Crippen molar-refractivity contribution in [2.24, 2.45) is 0 Å². The lowest BCUT2D eigenvalue weighted by atomic mass is 10.1. The minimum Gasteiger partial charge on any atom is -0.466 e. The number of amides is 3. The van der Waals surface area contributed by atoms with Crippen LogP contribution in [0.4, 0.5) is 15.2 Å². The second kappa shape index (κ2) is 15.6. The average molecular weight is 633 g/mol. The first kappa shape index (κ1) is 32.1. The van der Waals surface area contributed by atoms with Crippen LogP contribution in [0, 0.1) is 5.82 Å². The molecule has 3 aromatic carbocycles. The van der Waals surface area contributed by atoms with Crippen molar-refractivity contribution in [2.75, 3.05) is 17.2 Å². The fraction of sp³-hybridized carbons (Fsp3) is 0.156. The molecule has 0 aliphatic heterocycles. The Morgan fingerprint density at radius 2 is 1.75 bits per heavy atom. The van der Waals surface area contributed by atoms with Crippen LogP contribution in [-0.2, 0) is 25.5 Å². The Morgan fingerprint density at radius 1 is 1.00 bits per heavy atom. The Hall–Kier alpha value is -4.81. The van der Waals surface area contributed by atoms with Crippen molar-refractivity contribution in [3.8, 4) is 0 Å². The van der Waals surface area contributed by atoms with E-state index in [0.29, 0.717) is 32.5 Å². The third-order valence-corrected chi connectivity index (χ3v) is 7.80. The van der Waals surface area contributed by atoms with E-state index < -0.39 is 22.9 Å². The smallest absolute Gasteiger partial charge is 0.311 e. The van der Waals surface area contributed by atoms with E-state index in [2.05, 4.69) is 20.9 Å². The second-order valence-electron chi connectivity index (χ2n) is 9.29. The van der Waals surface area contributed by atoms with Crippen LogP contribution in [0.25, 0.3) is 6.08 Å². The van der Waals surface area contributed by atoms with Gasteiger partial charge in [0.25, 0.3) is 11.8 Å². The molecule has 1 heterocycles. The summed E-state index contributed by atoms with van der Waals surface area (Å²) < 4.78 is 18.4. The molecule has 0 radical (unpaired) electrons. The van der Waals surface area contributed by atoms with Gasteiger partial charge in [-0.3, -0.25) is 19.2 Å². The number of rotatable bonds is 12. The summed E-state index contributed by atoms with van der Waals surface area (Å²) in [6, 6.07) is 20.9. The molecule has 0 bridgehead atoms. The molecule has 1 unspecified atom stereocenters. The Labute approximate surface area is 261 Å². The van der Waals surface area contributed by atoms with Crippen molar-refractivity contribution >= 4 is 63.7 Å². The maximum atomic E-state index is 13.4. The van der Waals surface area contributed by atoms with Gasteiger partial charge in [0.1, 0.15) is 11.5 Å². The lowest BCUT2D eigenvalue weighted by Crippen LogP contribution is -2.30. The maximum Gasteiger partial charge on any atom is 0.311 e. The number of thiazole rings is 1. The predicted molar refractivity (Wildman–Crippen MR) is 170 cm³/mol. The van der Waals surface area contributed by atoms with Crippen LogP contribution in [0.5, 0.6) is 0 Å². The van der Waals surface area contributed by atoms with E-state index in [0.717, 1.165) is 0 Å². The zero-order valence-electron chi connectivity index (χ0n) is 23.8. The number of halogens is 1. The second-order valence-corrected chi connectivity index (χ2v) is 11.6. The molecule has 44 heavy (non-hydrogen) atoms. The first-order valence-corrected chi connectivity index (χ1v) is 15.3. The zero-order chi connectivity index (χ0) is 31.5. The summed E-state index contributed by atoms with van der Waals surface area (Å²) in [5.74, 6) is -2.16. The number of carbonyl (C=O) groups excluding carboxylic acids is 4. The molecule has 9 nitrogen and oxygen atoms in total. The number of nitrogens with one attached hydrogen (secondary N) is 3. The summed E-state index contributed by atoms with van der Waals surface area (Å²) in [7, 11) is 0. The van der Waals surface area contributed by atoms with Crippen LogP contribution >= 0.6 is 23.1 Å². The summed E-state index contributed by atoms with van der Waals surface area (Å²) in [5.41, 5.74) is 1.80. The Balaban J connectivity index is 1.41. The SMILES string of the molecule is CCOC(=O)Cc1csc(NC(=O)C(C)Sc2cccc(NC(=O)/C(=C/c3ccc(F)cc3)NC(=O)c3ccccc3)c2)n1. The summed E-state index contributed by atoms with van der Waals surface area (Å²) in [6.45, 7) is 3.75. The molecule has 3 amide bonds. The van der Waals surface area contributed by atoms with E-state index in [1.54, 1.807) is 73.8 Å². The molecule has 4 rings (SSSR count). The van der Waals surface area contributed by atoms with Gasteiger partial charge in [-0.1, -0.05) is 36.4 Å². The number of aromatic nitrogens is 1. The number of hydrogen-bond acceptors (Lipinski definition) is 8. The molecule has 0 spiro atoms. The van der Waals surface area contributed by atoms with E-state index in [4.69, 9.17) is 4.74 Å². The molecular weight excluding hydrogens is 604 g/mol. The van der Waals surface area contributed by atoms with Gasteiger partial charge in [-0.2, -0.15) is 0 Å². The minimum absolute atomic E-state index is 0.0275. The molecule has 12 heteroatoms. The largest absolute Gasteiger partial charge is 0.466 e. The van der Waals surface area contributed by atoms with E-state index in [1.165, 1.54) is 53.4 Å². The molecule has 1 aromatic heterocycles. The number of esters is 1. The van der Waals surface area contributed by atoms with Crippen LogP contribution in [0.1, 0.15) is 35.5 Å². The summed E-state index contributed by atoms with van der Waals surface area (Å²) in [5, 5.41) is 9.75. The van der Waals surface area contributed by atoms with Gasteiger partial charge < -0.3 is 20.7 Å². The van der Waals surface area contributed by atoms with Crippen molar-refractivity contribution in [3.63, 3.8) is 0 Å². The average Bonchev–Trinajstić information content (AvgIpc) is 3.44. The van der Waals surface area contributed by atoms with Crippen LogP contribution in [0.3, 0.4) is 0 Å². The molecule has 3 N–H and O–H groups in total. The van der Waals surface area contributed by atoms with E-state index >= 15 is 0 Å². The molecule has 226 valence electrons. The van der Waals surface area contributed by atoms with Gasteiger partial charge in [0.05, 0.1) is 24.0 Å². The molecule has 0 aliphatic rings. The Bertz CT molecular complexity index is 1660. The molecule has 0 aliphatic carbocycles. The lowest BCUT2D eigenvalue weighted by molar-refractivity contribution is -0.142. The Kier molecular flexibility index (Phi) is 11.4. The fourth-order valence-electron chi connectivity index (χ4n) is 3.78. The van der Waals surface area contributed by atoms with Crippen LogP contribution in [-0.4, -0.2) is 40.5 Å². The van der Waals surface area contributed by atoms with Crippen molar-refractivity contribution in [1.29, 1.82) is 0 Å². The van der Waals surface area contributed by atoms with Crippen molar-refractivity contribution < 1.29 is 28.3 Å². The number of nitrogens with zero attached hydrogens (tertiary/aromatic N) is 1. The van der Waals surface area contributed by atoms with Crippen LogP contribution in [0.2, 0.25) is 0 Å². The number of ether oxygens (including phenoxy) is 1. The molecule has 0 saturated heterocycles. The quantitative estimate of drug-likeness (QED) is 0.101. The van der Waals surface area contributed by atoms with E-state index in [1.807, 2.05) is 0 Å². The van der Waals surface area contributed by atoms with Crippen LogP contribution < -0.4 is 16.0 Å². The topological polar surface area (TPSA) is 126 Å². The van der Waals surface area contributed by atoms with Gasteiger partial charge in [-0.15, -0.1) is 23.1 Å². The van der Waals surface area contributed by atoms with Gasteiger partial charge in [-0.25, -0.2) is 9.37 Å². The first-order chi connectivity index (χ1) is 21.2. The van der Waals surface area contributed by atoms with Crippen molar-refractivity contribution in [2.45, 2.75) is 30.4 Å². The van der Waals surface area contributed by atoms with E-state index in [9.17, 15) is 23.6 Å². The highest BCUT2D eigenvalue weighted by molar-refractivity contribution is 8.00. The number of anilines is 2. The number of carbonyl (C=O) groups is 4. The third-order valence-electron chi connectivity index (χ3n) is 5.90. The standard InChI is InChI=1S/C32H29FN4O5S2/c1-3-42-28(38)18-25-19-43-32(35-25)37-29(39)20(2)44-26-11-7-10-24(17-26)34-31(41)27(16-21-12-14-23(33)15-13-21)36-30(40)22-8-5-4-6-9-22/h4-17,19-20H,3,18H2,1-2H3,(H,34,41)(H,36,40)(H,35,37,39)/b27-16-. The van der Waals surface area contributed by atoms with Crippen molar-refractivity contribution in [1.82, 2.24) is 10.3 Å². The number of thioether (sulfide) groups is 1. The lowest BCUT2D eigenvalue weighted by Gasteiger charge is -2.13. The summed E-state index contributed by atoms with van der Waals surface area (Å²) in [4.78, 5) is 55.7. The maximum absolute atomic E-state index is 13.4. The number of hydrogen-bond donors (Lipinski definition) is 3. The Morgan fingerprint density at radius 3 is 2.48 bits per heavy atom. The highest BCUT2D eigenvalue weighted by atomic mass is 32.2. The normalized spacial score (nSPS) is 11.8. The predicted octanol–water partition coefficient (Wildman–Crippen LogP) is 5.92. The first-order valence-electron chi connectivity index (χ1n) is 13.5. The molecule has 0 fully saturated rings. The molecule has 0 saturated carbocycles. The molecule has 1 atom stereocenters. The van der Waals surface area contributed by atoms with E-state index in [-0.39, 0.29) is 30.6 Å². The van der Waals surface area contributed by atoms with Gasteiger partial charge >= 0.3 is 5.97 Å². The molecular formula is C32H29FN4O5S2. The summed E-state index contributed by atoms with van der Waals surface area (Å²) in [6.07, 6.45) is 1.48. The monoisotopic (exact) mass is 632 g/mol. The van der Waals surface area contributed by atoms with Gasteiger partial charge in [0, 0.05) is 21.5 Å². The third kappa shape index (κ3) is 9.61. The number of benzene rings is 3. The van der Waals surface area contributed by atoms with Gasteiger partial charge in [0.15, 0.2) is 5.13 Å². The van der Waals surface area contributed by atoms with Crippen LogP contribution in [0.15, 0.2) is 94.8 Å². The molecule has 4 aromatic rings.